The summed E-state index contributed by atoms with van der Waals surface area (Å²) in [6.07, 6.45) is 3.52. The highest BCUT2D eigenvalue weighted by atomic mass is 16.1. The minimum Gasteiger partial charge on any atom is -0.215 e. The smallest absolute Gasteiger partial charge is 0.215 e. The Hall–Kier alpha value is -2.28. The molecule has 0 amide bonds. The summed E-state index contributed by atoms with van der Waals surface area (Å²) in [5.74, 6) is 0.242. The molecule has 0 saturated carbocycles. The Bertz CT molecular complexity index is 887. The zero-order chi connectivity index (χ0) is 13.7. The molecule has 0 unspecified atom stereocenters. The van der Waals surface area contributed by atoms with Gasteiger partial charge >= 0.3 is 0 Å². The van der Waals surface area contributed by atoms with Crippen molar-refractivity contribution in [1.82, 2.24) is 0 Å². The van der Waals surface area contributed by atoms with Crippen LogP contribution in [0.15, 0.2) is 42.5 Å². The third-order valence-corrected chi connectivity index (χ3v) is 4.30. The Balaban J connectivity index is 2.28. The van der Waals surface area contributed by atoms with Crippen molar-refractivity contribution in [2.45, 2.75) is 19.8 Å². The van der Waals surface area contributed by atoms with E-state index in [0.717, 1.165) is 17.2 Å². The van der Waals surface area contributed by atoms with Crippen LogP contribution in [-0.2, 0) is 11.2 Å². The van der Waals surface area contributed by atoms with Crippen LogP contribution in [0.25, 0.3) is 27.1 Å². The van der Waals surface area contributed by atoms with Crippen molar-refractivity contribution in [3.63, 3.8) is 0 Å². The Morgan fingerprint density at radius 2 is 1.80 bits per heavy atom. The number of carbonyl (C=O) groups is 1. The van der Waals surface area contributed by atoms with Gasteiger partial charge in [0, 0.05) is 24.3 Å². The van der Waals surface area contributed by atoms with Crippen LogP contribution in [-0.4, -0.2) is 5.78 Å². The van der Waals surface area contributed by atoms with Crippen molar-refractivity contribution >= 4 is 32.9 Å². The van der Waals surface area contributed by atoms with E-state index in [2.05, 4.69) is 48.9 Å². The first-order valence-electron chi connectivity index (χ1n) is 7.13. The standard InChI is InChI=1S/C19H15O/c1-2-17(20)15-10-8-14-7-6-12-4-3-5-13-9-11-16(15)19(14)18(12)13/h3-7,9-11H,2,8H2,1H3/q+1. The molecule has 0 fully saturated rings. The molecule has 0 N–H and O–H groups in total. The van der Waals surface area contributed by atoms with Gasteiger partial charge in [-0.1, -0.05) is 30.3 Å². The molecular weight excluding hydrogens is 244 g/mol. The van der Waals surface area contributed by atoms with E-state index >= 15 is 0 Å². The van der Waals surface area contributed by atoms with Gasteiger partial charge in [0.1, 0.15) is 0 Å². The first-order chi connectivity index (χ1) is 9.79. The predicted octanol–water partition coefficient (Wildman–Crippen LogP) is 3.60. The monoisotopic (exact) mass is 259 g/mol. The van der Waals surface area contributed by atoms with Crippen LogP contribution in [0.5, 0.6) is 0 Å². The molecule has 0 heterocycles. The first-order valence-corrected chi connectivity index (χ1v) is 7.13. The number of hydrogen-bond acceptors (Lipinski definition) is 1. The Kier molecular flexibility index (Phi) is 2.37. The molecule has 1 aliphatic rings. The molecule has 1 heteroatoms. The lowest BCUT2D eigenvalue weighted by Gasteiger charge is -2.13. The SMILES string of the molecule is CCC(=O)C1=c2ccc3cccc4ccc(c2c43)C[CH+]1. The topological polar surface area (TPSA) is 17.1 Å². The molecule has 4 rings (SSSR count). The lowest BCUT2D eigenvalue weighted by atomic mass is 9.85. The second-order valence-electron chi connectivity index (χ2n) is 5.39. The van der Waals surface area contributed by atoms with Gasteiger partial charge in [-0.05, 0) is 29.3 Å². The number of rotatable bonds is 2. The third-order valence-electron chi connectivity index (χ3n) is 4.30. The molecule has 3 aromatic rings. The first kappa shape index (κ1) is 11.5. The second-order valence-corrected chi connectivity index (χ2v) is 5.39. The average molecular weight is 259 g/mol. The van der Waals surface area contributed by atoms with E-state index in [4.69, 9.17) is 0 Å². The van der Waals surface area contributed by atoms with Gasteiger partial charge in [0.25, 0.3) is 5.78 Å². The summed E-state index contributed by atoms with van der Waals surface area (Å²) >= 11 is 0. The van der Waals surface area contributed by atoms with E-state index in [0.29, 0.717) is 6.42 Å². The zero-order valence-corrected chi connectivity index (χ0v) is 11.4. The van der Waals surface area contributed by atoms with Crippen LogP contribution in [0.2, 0.25) is 0 Å². The van der Waals surface area contributed by atoms with Crippen molar-refractivity contribution in [3.8, 4) is 0 Å². The van der Waals surface area contributed by atoms with Crippen LogP contribution >= 0.6 is 0 Å². The molecule has 0 saturated heterocycles. The van der Waals surface area contributed by atoms with Crippen LogP contribution in [0.1, 0.15) is 18.9 Å². The summed E-state index contributed by atoms with van der Waals surface area (Å²) < 4.78 is 0. The van der Waals surface area contributed by atoms with Crippen molar-refractivity contribution < 1.29 is 4.79 Å². The molecule has 96 valence electrons. The van der Waals surface area contributed by atoms with Gasteiger partial charge in [-0.15, -0.1) is 0 Å². The van der Waals surface area contributed by atoms with E-state index in [-0.39, 0.29) is 5.78 Å². The third kappa shape index (κ3) is 1.44. The summed E-state index contributed by atoms with van der Waals surface area (Å²) in [7, 11) is 0. The minimum atomic E-state index is 0.242. The second kappa shape index (κ2) is 4.11. The van der Waals surface area contributed by atoms with Crippen LogP contribution in [0.3, 0.4) is 0 Å². The maximum absolute atomic E-state index is 12.2. The quantitative estimate of drug-likeness (QED) is 0.643. The van der Waals surface area contributed by atoms with E-state index in [1.807, 2.05) is 6.92 Å². The van der Waals surface area contributed by atoms with Crippen LogP contribution < -0.4 is 5.22 Å². The molecule has 20 heavy (non-hydrogen) atoms. The van der Waals surface area contributed by atoms with Gasteiger partial charge in [0.05, 0.1) is 17.0 Å². The van der Waals surface area contributed by atoms with Crippen molar-refractivity contribution in [1.29, 1.82) is 0 Å². The lowest BCUT2D eigenvalue weighted by Crippen LogP contribution is -2.20. The fraction of sp³-hybridized carbons (Fsp3) is 0.158. The van der Waals surface area contributed by atoms with Crippen LogP contribution in [0.4, 0.5) is 0 Å². The number of hydrogen-bond donors (Lipinski definition) is 0. The maximum Gasteiger partial charge on any atom is 0.269 e. The van der Waals surface area contributed by atoms with Gasteiger partial charge < -0.3 is 0 Å². The molecule has 3 aromatic carbocycles. The average Bonchev–Trinajstić information content (AvgIpc) is 2.51. The van der Waals surface area contributed by atoms with E-state index < -0.39 is 0 Å². The summed E-state index contributed by atoms with van der Waals surface area (Å²) in [4.78, 5) is 12.2. The van der Waals surface area contributed by atoms with Crippen molar-refractivity contribution in [2.24, 2.45) is 0 Å². The molecule has 0 spiro atoms. The van der Waals surface area contributed by atoms with E-state index in [1.165, 1.54) is 27.1 Å². The largest absolute Gasteiger partial charge is 0.269 e. The summed E-state index contributed by atoms with van der Waals surface area (Å²) in [6, 6.07) is 15.0. The fourth-order valence-electron chi connectivity index (χ4n) is 3.32. The zero-order valence-electron chi connectivity index (χ0n) is 11.4. The fourth-order valence-corrected chi connectivity index (χ4v) is 3.32. The summed E-state index contributed by atoms with van der Waals surface area (Å²) in [5, 5.41) is 6.21. The molecule has 0 aliphatic heterocycles. The van der Waals surface area contributed by atoms with Gasteiger partial charge in [0.2, 0.25) is 0 Å². The molecule has 0 bridgehead atoms. The van der Waals surface area contributed by atoms with Crippen LogP contribution in [0, 0.1) is 6.42 Å². The van der Waals surface area contributed by atoms with Crippen molar-refractivity contribution in [3.05, 3.63) is 59.7 Å². The summed E-state index contributed by atoms with van der Waals surface area (Å²) in [6.45, 7) is 1.93. The minimum absolute atomic E-state index is 0.242. The highest BCUT2D eigenvalue weighted by Crippen LogP contribution is 2.30. The van der Waals surface area contributed by atoms with E-state index in [1.54, 1.807) is 0 Å². The van der Waals surface area contributed by atoms with Crippen molar-refractivity contribution in [2.75, 3.05) is 0 Å². The molecule has 1 aliphatic carbocycles. The lowest BCUT2D eigenvalue weighted by molar-refractivity contribution is -0.113. The normalized spacial score (nSPS) is 13.8. The molecule has 1 nitrogen and oxygen atoms in total. The van der Waals surface area contributed by atoms with Gasteiger partial charge in [-0.25, -0.2) is 4.79 Å². The Labute approximate surface area is 117 Å². The number of ketones is 1. The number of carbonyl (C=O) groups excluding carboxylic acids is 1. The summed E-state index contributed by atoms with van der Waals surface area (Å²) in [5.41, 5.74) is 2.23. The maximum atomic E-state index is 12.2. The number of Topliss-reactive ketones (excluding diaryl/α,β-unsaturated/α-hetero) is 1. The molecular formula is C19H15O+. The highest BCUT2D eigenvalue weighted by molar-refractivity contribution is 6.21. The van der Waals surface area contributed by atoms with E-state index in [9.17, 15) is 4.79 Å². The number of benzene rings is 3. The molecule has 0 atom stereocenters. The highest BCUT2D eigenvalue weighted by Gasteiger charge is 2.26. The van der Waals surface area contributed by atoms with Gasteiger partial charge in [0.15, 0.2) is 5.57 Å². The Morgan fingerprint density at radius 3 is 2.55 bits per heavy atom. The van der Waals surface area contributed by atoms with Gasteiger partial charge in [-0.2, -0.15) is 0 Å². The molecule has 0 radical (unpaired) electrons. The Morgan fingerprint density at radius 1 is 1.05 bits per heavy atom. The molecule has 0 aromatic heterocycles. The van der Waals surface area contributed by atoms with Gasteiger partial charge in [-0.3, -0.25) is 0 Å². The predicted molar refractivity (Wildman–Crippen MR) is 83.4 cm³/mol.